The van der Waals surface area contributed by atoms with Crippen LogP contribution in [0.1, 0.15) is 43.0 Å². The van der Waals surface area contributed by atoms with Crippen LogP contribution in [-0.2, 0) is 24.0 Å². The highest BCUT2D eigenvalue weighted by Gasteiger charge is 2.22. The van der Waals surface area contributed by atoms with Crippen LogP contribution in [0.5, 0.6) is 0 Å². The van der Waals surface area contributed by atoms with Crippen LogP contribution in [0.2, 0.25) is 0 Å². The number of rotatable bonds is 7. The molecule has 0 radical (unpaired) electrons. The second kappa shape index (κ2) is 7.70. The van der Waals surface area contributed by atoms with Gasteiger partial charge in [0.15, 0.2) is 0 Å². The van der Waals surface area contributed by atoms with Gasteiger partial charge in [-0.15, -0.1) is 0 Å². The van der Waals surface area contributed by atoms with Crippen molar-refractivity contribution < 1.29 is 4.74 Å². The van der Waals surface area contributed by atoms with E-state index in [2.05, 4.69) is 24.1 Å². The first kappa shape index (κ1) is 15.4. The average Bonchev–Trinajstić information content (AvgIpc) is 2.46. The Kier molecular flexibility index (Phi) is 5.92. The topological polar surface area (TPSA) is 47.0 Å². The molecule has 1 atom stereocenters. The lowest BCUT2D eigenvalue weighted by molar-refractivity contribution is 0.149. The normalized spacial score (nSPS) is 18.1. The molecule has 0 saturated carbocycles. The van der Waals surface area contributed by atoms with Crippen LogP contribution in [0.25, 0.3) is 0 Å². The summed E-state index contributed by atoms with van der Waals surface area (Å²) in [6.45, 7) is 9.95. The third-order valence-electron chi connectivity index (χ3n) is 3.99. The van der Waals surface area contributed by atoms with Crippen LogP contribution < -0.4 is 5.32 Å². The predicted octanol–water partition coefficient (Wildman–Crippen LogP) is 2.08. The molecule has 0 bridgehead atoms. The standard InChI is InChI=1S/C16H27N3O/c1-4-17-11-13-6-7-15-14(10-13)12(3)18-16(19-15)8-9-20-5-2/h13,17H,4-11H2,1-3H3. The quantitative estimate of drug-likeness (QED) is 0.775. The molecule has 20 heavy (non-hydrogen) atoms. The number of nitrogens with zero attached hydrogens (tertiary/aromatic N) is 2. The molecule has 1 N–H and O–H groups in total. The molecular weight excluding hydrogens is 250 g/mol. The summed E-state index contributed by atoms with van der Waals surface area (Å²) >= 11 is 0. The first-order valence-corrected chi connectivity index (χ1v) is 7.88. The van der Waals surface area contributed by atoms with E-state index in [1.54, 1.807) is 0 Å². The van der Waals surface area contributed by atoms with E-state index in [0.717, 1.165) is 57.3 Å². The number of aryl methyl sites for hydroxylation is 2. The Morgan fingerprint density at radius 2 is 2.15 bits per heavy atom. The minimum atomic E-state index is 0.720. The lowest BCUT2D eigenvalue weighted by Crippen LogP contribution is -2.28. The van der Waals surface area contributed by atoms with Gasteiger partial charge in [-0.3, -0.25) is 0 Å². The summed E-state index contributed by atoms with van der Waals surface area (Å²) in [7, 11) is 0. The Balaban J connectivity index is 2.03. The van der Waals surface area contributed by atoms with Gasteiger partial charge in [0.05, 0.1) is 6.61 Å². The lowest BCUT2D eigenvalue weighted by Gasteiger charge is -2.25. The van der Waals surface area contributed by atoms with Crippen molar-refractivity contribution in [3.63, 3.8) is 0 Å². The highest BCUT2D eigenvalue weighted by atomic mass is 16.5. The lowest BCUT2D eigenvalue weighted by atomic mass is 9.85. The molecule has 0 aromatic carbocycles. The number of hydrogen-bond donors (Lipinski definition) is 1. The van der Waals surface area contributed by atoms with E-state index in [-0.39, 0.29) is 0 Å². The van der Waals surface area contributed by atoms with Crippen molar-refractivity contribution in [3.8, 4) is 0 Å². The molecule has 1 unspecified atom stereocenters. The molecule has 1 aromatic rings. The molecule has 0 aliphatic heterocycles. The van der Waals surface area contributed by atoms with Gasteiger partial charge in [-0.05, 0) is 57.7 Å². The molecule has 112 valence electrons. The predicted molar refractivity (Wildman–Crippen MR) is 81.0 cm³/mol. The van der Waals surface area contributed by atoms with Gasteiger partial charge < -0.3 is 10.1 Å². The number of ether oxygens (including phenoxy) is 1. The van der Waals surface area contributed by atoms with Gasteiger partial charge >= 0.3 is 0 Å². The van der Waals surface area contributed by atoms with E-state index in [0.29, 0.717) is 0 Å². The molecule has 0 fully saturated rings. The third kappa shape index (κ3) is 4.00. The molecule has 1 aliphatic rings. The van der Waals surface area contributed by atoms with E-state index in [1.165, 1.54) is 23.4 Å². The molecule has 0 amide bonds. The maximum atomic E-state index is 5.39. The highest BCUT2D eigenvalue weighted by Crippen LogP contribution is 2.25. The Bertz CT molecular complexity index is 434. The maximum absolute atomic E-state index is 5.39. The third-order valence-corrected chi connectivity index (χ3v) is 3.99. The largest absolute Gasteiger partial charge is 0.381 e. The van der Waals surface area contributed by atoms with Crippen molar-refractivity contribution in [2.75, 3.05) is 26.3 Å². The van der Waals surface area contributed by atoms with Crippen LogP contribution in [0.4, 0.5) is 0 Å². The fraction of sp³-hybridized carbons (Fsp3) is 0.750. The van der Waals surface area contributed by atoms with E-state index in [4.69, 9.17) is 9.72 Å². The zero-order valence-electron chi connectivity index (χ0n) is 13.0. The van der Waals surface area contributed by atoms with Crippen molar-refractivity contribution >= 4 is 0 Å². The monoisotopic (exact) mass is 277 g/mol. The number of hydrogen-bond acceptors (Lipinski definition) is 4. The van der Waals surface area contributed by atoms with Crippen molar-refractivity contribution in [2.24, 2.45) is 5.92 Å². The molecule has 2 rings (SSSR count). The first-order valence-electron chi connectivity index (χ1n) is 7.88. The summed E-state index contributed by atoms with van der Waals surface area (Å²) in [5.41, 5.74) is 3.83. The second-order valence-electron chi connectivity index (χ2n) is 5.51. The summed E-state index contributed by atoms with van der Waals surface area (Å²) in [5.74, 6) is 1.68. The van der Waals surface area contributed by atoms with Gasteiger partial charge in [0.1, 0.15) is 5.82 Å². The van der Waals surface area contributed by atoms with Gasteiger partial charge in [0.25, 0.3) is 0 Å². The zero-order chi connectivity index (χ0) is 14.4. The summed E-state index contributed by atoms with van der Waals surface area (Å²) in [4.78, 5) is 9.41. The summed E-state index contributed by atoms with van der Waals surface area (Å²) < 4.78 is 5.39. The smallest absolute Gasteiger partial charge is 0.131 e. The average molecular weight is 277 g/mol. The van der Waals surface area contributed by atoms with Crippen molar-refractivity contribution in [2.45, 2.75) is 46.5 Å². The molecule has 0 saturated heterocycles. The van der Waals surface area contributed by atoms with E-state index < -0.39 is 0 Å². The van der Waals surface area contributed by atoms with Crippen molar-refractivity contribution in [3.05, 3.63) is 22.8 Å². The Morgan fingerprint density at radius 3 is 2.90 bits per heavy atom. The van der Waals surface area contributed by atoms with E-state index in [9.17, 15) is 0 Å². The molecule has 1 aromatic heterocycles. The number of fused-ring (bicyclic) bond motifs is 1. The van der Waals surface area contributed by atoms with Crippen LogP contribution >= 0.6 is 0 Å². The van der Waals surface area contributed by atoms with Gasteiger partial charge in [-0.1, -0.05) is 6.92 Å². The molecule has 1 heterocycles. The summed E-state index contributed by atoms with van der Waals surface area (Å²) in [6.07, 6.45) is 4.28. The highest BCUT2D eigenvalue weighted by molar-refractivity contribution is 5.28. The SMILES string of the molecule is CCNCC1CCc2nc(CCOCC)nc(C)c2C1. The molecule has 4 heteroatoms. The molecule has 0 spiro atoms. The van der Waals surface area contributed by atoms with Crippen LogP contribution in [0, 0.1) is 12.8 Å². The minimum absolute atomic E-state index is 0.720. The maximum Gasteiger partial charge on any atom is 0.131 e. The Morgan fingerprint density at radius 1 is 1.30 bits per heavy atom. The number of aromatic nitrogens is 2. The first-order chi connectivity index (χ1) is 9.74. The second-order valence-corrected chi connectivity index (χ2v) is 5.51. The van der Waals surface area contributed by atoms with Crippen LogP contribution in [0.15, 0.2) is 0 Å². The van der Waals surface area contributed by atoms with Gasteiger partial charge in [0, 0.05) is 24.4 Å². The van der Waals surface area contributed by atoms with Gasteiger partial charge in [-0.25, -0.2) is 9.97 Å². The minimum Gasteiger partial charge on any atom is -0.381 e. The van der Waals surface area contributed by atoms with Crippen molar-refractivity contribution in [1.82, 2.24) is 15.3 Å². The molecular formula is C16H27N3O. The van der Waals surface area contributed by atoms with Crippen LogP contribution in [0.3, 0.4) is 0 Å². The van der Waals surface area contributed by atoms with E-state index in [1.807, 2.05) is 6.92 Å². The fourth-order valence-corrected chi connectivity index (χ4v) is 2.86. The van der Waals surface area contributed by atoms with E-state index >= 15 is 0 Å². The van der Waals surface area contributed by atoms with Gasteiger partial charge in [0.2, 0.25) is 0 Å². The Hall–Kier alpha value is -1.00. The summed E-state index contributed by atoms with van der Waals surface area (Å²) in [5, 5.41) is 3.46. The Labute approximate surface area is 122 Å². The molecule has 4 nitrogen and oxygen atoms in total. The van der Waals surface area contributed by atoms with Crippen molar-refractivity contribution in [1.29, 1.82) is 0 Å². The number of nitrogens with one attached hydrogen (secondary N) is 1. The van der Waals surface area contributed by atoms with Crippen LogP contribution in [-0.4, -0.2) is 36.3 Å². The molecule has 1 aliphatic carbocycles. The summed E-state index contributed by atoms with van der Waals surface area (Å²) in [6, 6.07) is 0. The fourth-order valence-electron chi connectivity index (χ4n) is 2.86. The zero-order valence-corrected chi connectivity index (χ0v) is 13.0. The van der Waals surface area contributed by atoms with Gasteiger partial charge in [-0.2, -0.15) is 0 Å².